The molecular formula is C15H33IN6O. The Hall–Kier alpha value is -0.0200. The number of quaternary nitrogens is 1. The first-order valence-electron chi connectivity index (χ1n) is 8.48. The molecule has 136 valence electrons. The second-order valence-electron chi connectivity index (χ2n) is 6.63. The molecule has 1 heterocycles. The van der Waals surface area contributed by atoms with Gasteiger partial charge in [-0.1, -0.05) is 0 Å². The first-order chi connectivity index (χ1) is 10.8. The van der Waals surface area contributed by atoms with Gasteiger partial charge in [0.15, 0.2) is 0 Å². The van der Waals surface area contributed by atoms with Crippen molar-refractivity contribution in [3.8, 4) is 6.07 Å². The molecular weight excluding hydrogens is 407 g/mol. The van der Waals surface area contributed by atoms with Gasteiger partial charge in [0.05, 0.1) is 0 Å². The normalized spacial score (nSPS) is 23.9. The fraction of sp³-hybridized carbons (Fsp3) is 0.933. The van der Waals surface area contributed by atoms with E-state index in [-0.39, 0.29) is 18.5 Å². The van der Waals surface area contributed by atoms with Crippen LogP contribution in [0, 0.1) is 11.3 Å². The number of hydrogen-bond acceptors (Lipinski definition) is 6. The molecule has 10 N–H and O–H groups in total. The van der Waals surface area contributed by atoms with Crippen LogP contribution < -0.4 is 47.5 Å². The molecule has 0 radical (unpaired) electrons. The SMILES string of the molecule is N#CC(N)(O)CCCC(N)CCCC(N)CCCC(N)[NH+]1C[I-]1. The van der Waals surface area contributed by atoms with Crippen LogP contribution in [0.15, 0.2) is 0 Å². The standard InChI is InChI=1S/C15H33IN6O/c17-10-15(21,23)9-3-7-13(19)5-1-4-12(18)6-2-8-14(20)22-11-16-22/h12-14,22-23H,1-9,11,18-21H2. The summed E-state index contributed by atoms with van der Waals surface area (Å²) in [5.41, 5.74) is 21.9. The molecule has 0 amide bonds. The zero-order chi connectivity index (χ0) is 17.3. The van der Waals surface area contributed by atoms with Crippen molar-refractivity contribution in [3.05, 3.63) is 0 Å². The molecule has 0 aromatic heterocycles. The summed E-state index contributed by atoms with van der Waals surface area (Å²) >= 11 is 0.374. The van der Waals surface area contributed by atoms with Gasteiger partial charge in [0, 0.05) is 6.42 Å². The van der Waals surface area contributed by atoms with Crippen molar-refractivity contribution >= 4 is 0 Å². The summed E-state index contributed by atoms with van der Waals surface area (Å²) in [7, 11) is 0. The van der Waals surface area contributed by atoms with Crippen molar-refractivity contribution in [2.75, 3.05) is 4.55 Å². The molecule has 1 fully saturated rings. The molecule has 5 atom stereocenters. The summed E-state index contributed by atoms with van der Waals surface area (Å²) in [6, 6.07) is 2.00. The van der Waals surface area contributed by atoms with Gasteiger partial charge in [0.25, 0.3) is 0 Å². The minimum atomic E-state index is -1.72. The van der Waals surface area contributed by atoms with E-state index in [1.165, 1.54) is 4.55 Å². The fourth-order valence-electron chi connectivity index (χ4n) is 2.61. The van der Waals surface area contributed by atoms with Gasteiger partial charge in [-0.15, -0.1) is 0 Å². The first-order valence-corrected chi connectivity index (χ1v) is 11.1. The van der Waals surface area contributed by atoms with Crippen molar-refractivity contribution in [3.63, 3.8) is 0 Å². The molecule has 23 heavy (non-hydrogen) atoms. The summed E-state index contributed by atoms with van der Waals surface area (Å²) < 4.78 is 2.96. The van der Waals surface area contributed by atoms with Crippen molar-refractivity contribution in [2.45, 2.75) is 81.8 Å². The number of alkyl halides is 1. The van der Waals surface area contributed by atoms with E-state index in [9.17, 15) is 5.11 Å². The van der Waals surface area contributed by atoms with Gasteiger partial charge in [0.2, 0.25) is 5.72 Å². The van der Waals surface area contributed by atoms with Crippen LogP contribution in [0.1, 0.15) is 57.8 Å². The fourth-order valence-corrected chi connectivity index (χ4v) is 4.28. The molecule has 0 spiro atoms. The van der Waals surface area contributed by atoms with Gasteiger partial charge in [0.1, 0.15) is 6.07 Å². The van der Waals surface area contributed by atoms with Crippen LogP contribution in [0.5, 0.6) is 0 Å². The van der Waals surface area contributed by atoms with E-state index in [1.807, 2.05) is 0 Å². The molecule has 1 aliphatic heterocycles. The number of nitrogens with two attached hydrogens (primary N) is 4. The molecule has 1 rings (SSSR count). The Morgan fingerprint density at radius 2 is 1.52 bits per heavy atom. The number of nitrogens with zero attached hydrogens (tertiary/aromatic N) is 1. The average molecular weight is 440 g/mol. The monoisotopic (exact) mass is 440 g/mol. The summed E-state index contributed by atoms with van der Waals surface area (Å²) in [4.78, 5) is 0. The average Bonchev–Trinajstić information content (AvgIpc) is 3.31. The third-order valence-corrected chi connectivity index (χ3v) is 6.70. The van der Waals surface area contributed by atoms with Crippen molar-refractivity contribution in [2.24, 2.45) is 22.9 Å². The Balaban J connectivity index is 1.96. The van der Waals surface area contributed by atoms with Gasteiger partial charge in [-0.25, -0.2) is 0 Å². The van der Waals surface area contributed by atoms with Crippen molar-refractivity contribution in [1.82, 2.24) is 0 Å². The second kappa shape index (κ2) is 10.8. The number of hydrogen-bond donors (Lipinski definition) is 6. The molecule has 1 aliphatic rings. The number of nitriles is 1. The minimum absolute atomic E-state index is 0.0836. The van der Waals surface area contributed by atoms with E-state index in [2.05, 4.69) is 0 Å². The third-order valence-electron chi connectivity index (χ3n) is 4.26. The van der Waals surface area contributed by atoms with Gasteiger partial charge < -0.3 is 5.11 Å². The maximum atomic E-state index is 9.40. The summed E-state index contributed by atoms with van der Waals surface area (Å²) in [6.07, 6.45) is 8.21. The molecule has 7 nitrogen and oxygen atoms in total. The molecule has 0 aromatic carbocycles. The van der Waals surface area contributed by atoms with Crippen molar-refractivity contribution in [1.29, 1.82) is 5.26 Å². The Labute approximate surface area is 150 Å². The first kappa shape index (κ1) is 21.0. The van der Waals surface area contributed by atoms with E-state index >= 15 is 0 Å². The summed E-state index contributed by atoms with van der Waals surface area (Å²) in [5, 5.41) is 18.0. The van der Waals surface area contributed by atoms with Crippen LogP contribution in [0.4, 0.5) is 0 Å². The molecule has 0 bridgehead atoms. The van der Waals surface area contributed by atoms with Crippen LogP contribution in [0.3, 0.4) is 0 Å². The molecule has 5 unspecified atom stereocenters. The van der Waals surface area contributed by atoms with Crippen LogP contribution >= 0.6 is 0 Å². The predicted molar refractivity (Wildman–Crippen MR) is 86.1 cm³/mol. The van der Waals surface area contributed by atoms with E-state index in [1.54, 1.807) is 9.18 Å². The van der Waals surface area contributed by atoms with Gasteiger partial charge >= 0.3 is 116 Å². The zero-order valence-electron chi connectivity index (χ0n) is 13.9. The van der Waals surface area contributed by atoms with Crippen LogP contribution in [0.2, 0.25) is 0 Å². The van der Waals surface area contributed by atoms with Crippen LogP contribution in [-0.4, -0.2) is 33.6 Å². The molecule has 8 heteroatoms. The van der Waals surface area contributed by atoms with E-state index in [0.29, 0.717) is 34.1 Å². The number of nitrogens with one attached hydrogen (secondary N) is 1. The van der Waals surface area contributed by atoms with Crippen molar-refractivity contribution < 1.29 is 29.7 Å². The molecule has 1 saturated heterocycles. The third kappa shape index (κ3) is 10.4. The second-order valence-corrected chi connectivity index (χ2v) is 9.54. The number of aliphatic hydroxyl groups is 1. The maximum absolute atomic E-state index is 9.40. The zero-order valence-corrected chi connectivity index (χ0v) is 16.0. The van der Waals surface area contributed by atoms with Gasteiger partial charge in [-0.3, -0.25) is 5.73 Å². The Bertz CT molecular complexity index is 371. The number of rotatable bonds is 13. The predicted octanol–water partition coefficient (Wildman–Crippen LogP) is -4.53. The van der Waals surface area contributed by atoms with E-state index in [0.717, 1.165) is 44.9 Å². The quantitative estimate of drug-likeness (QED) is 0.0323. The topological polar surface area (TPSA) is 153 Å². The summed E-state index contributed by atoms with van der Waals surface area (Å²) in [5.74, 6) is 0. The van der Waals surface area contributed by atoms with Gasteiger partial charge in [-0.2, -0.15) is 5.26 Å². The van der Waals surface area contributed by atoms with Gasteiger partial charge in [-0.05, 0) is 0 Å². The van der Waals surface area contributed by atoms with E-state index < -0.39 is 5.72 Å². The summed E-state index contributed by atoms with van der Waals surface area (Å²) in [6.45, 7) is 0. The van der Waals surface area contributed by atoms with Crippen LogP contribution in [0.25, 0.3) is 0 Å². The Morgan fingerprint density at radius 1 is 1.04 bits per heavy atom. The Morgan fingerprint density at radius 3 is 2.00 bits per heavy atom. The molecule has 0 aromatic rings. The number of halogens is 1. The Kier molecular flexibility index (Phi) is 9.84. The molecule has 0 aliphatic carbocycles. The van der Waals surface area contributed by atoms with E-state index in [4.69, 9.17) is 28.2 Å². The molecule has 0 saturated carbocycles. The van der Waals surface area contributed by atoms with Crippen LogP contribution in [-0.2, 0) is 0 Å².